The van der Waals surface area contributed by atoms with Crippen LogP contribution in [-0.4, -0.2) is 29.3 Å². The SMILES string of the molecule is C=C1CCC(=C2/CC(=O)OC2=O)/C=C\CCCC(CC)C(C(=O)O)=C1C=O. The Morgan fingerprint density at radius 2 is 2.11 bits per heavy atom. The number of hydrogen-bond acceptors (Lipinski definition) is 5. The zero-order valence-corrected chi connectivity index (χ0v) is 15.5. The molecule has 27 heavy (non-hydrogen) atoms. The van der Waals surface area contributed by atoms with E-state index in [2.05, 4.69) is 11.3 Å². The molecule has 2 aliphatic rings. The number of hydrogen-bond donors (Lipinski definition) is 1. The molecule has 0 aromatic carbocycles. The zero-order chi connectivity index (χ0) is 20.0. The third-order valence-corrected chi connectivity index (χ3v) is 5.02. The molecule has 2 rings (SSSR count). The third-order valence-electron chi connectivity index (χ3n) is 5.02. The van der Waals surface area contributed by atoms with E-state index in [1.807, 2.05) is 19.1 Å². The molecule has 0 spiro atoms. The van der Waals surface area contributed by atoms with Gasteiger partial charge in [0, 0.05) is 5.57 Å². The van der Waals surface area contributed by atoms with Crippen molar-refractivity contribution < 1.29 is 29.0 Å². The summed E-state index contributed by atoms with van der Waals surface area (Å²) in [5.74, 6) is -2.53. The summed E-state index contributed by atoms with van der Waals surface area (Å²) in [4.78, 5) is 46.8. The molecule has 0 amide bonds. The van der Waals surface area contributed by atoms with Gasteiger partial charge in [0.1, 0.15) is 0 Å². The smallest absolute Gasteiger partial charge is 0.342 e. The highest BCUT2D eigenvalue weighted by molar-refractivity contribution is 6.06. The monoisotopic (exact) mass is 372 g/mol. The van der Waals surface area contributed by atoms with Crippen molar-refractivity contribution >= 4 is 24.2 Å². The van der Waals surface area contributed by atoms with E-state index in [0.29, 0.717) is 55.1 Å². The second-order valence-electron chi connectivity index (χ2n) is 6.73. The lowest BCUT2D eigenvalue weighted by Gasteiger charge is -2.20. The lowest BCUT2D eigenvalue weighted by Crippen LogP contribution is -2.17. The van der Waals surface area contributed by atoms with Crippen molar-refractivity contribution in [2.75, 3.05) is 0 Å². The van der Waals surface area contributed by atoms with Crippen LogP contribution in [0, 0.1) is 5.92 Å². The van der Waals surface area contributed by atoms with E-state index < -0.39 is 17.9 Å². The van der Waals surface area contributed by atoms with E-state index in [0.717, 1.165) is 6.42 Å². The number of cyclic esters (lactones) is 2. The van der Waals surface area contributed by atoms with Gasteiger partial charge in [0.15, 0.2) is 6.29 Å². The van der Waals surface area contributed by atoms with Crippen molar-refractivity contribution in [3.8, 4) is 0 Å². The molecule has 1 aliphatic heterocycles. The Hall–Kier alpha value is -2.76. The maximum absolute atomic E-state index is 11.9. The first-order valence-electron chi connectivity index (χ1n) is 9.13. The summed E-state index contributed by atoms with van der Waals surface area (Å²) in [6.45, 7) is 5.82. The van der Waals surface area contributed by atoms with E-state index in [-0.39, 0.29) is 23.5 Å². The van der Waals surface area contributed by atoms with Crippen LogP contribution < -0.4 is 0 Å². The minimum absolute atomic E-state index is 0.0698. The van der Waals surface area contributed by atoms with Gasteiger partial charge in [-0.25, -0.2) is 9.59 Å². The maximum Gasteiger partial charge on any atom is 0.342 e. The summed E-state index contributed by atoms with van der Waals surface area (Å²) in [7, 11) is 0. The highest BCUT2D eigenvalue weighted by Gasteiger charge is 2.30. The van der Waals surface area contributed by atoms with E-state index in [9.17, 15) is 24.3 Å². The highest BCUT2D eigenvalue weighted by atomic mass is 16.6. The van der Waals surface area contributed by atoms with E-state index in [1.54, 1.807) is 0 Å². The van der Waals surface area contributed by atoms with Crippen molar-refractivity contribution in [2.24, 2.45) is 5.92 Å². The fraction of sp³-hybridized carbons (Fsp3) is 0.429. The molecule has 1 fully saturated rings. The number of carboxylic acid groups (broad SMARTS) is 1. The number of carboxylic acids is 1. The Morgan fingerprint density at radius 1 is 1.37 bits per heavy atom. The number of rotatable bonds is 3. The minimum atomic E-state index is -1.10. The van der Waals surface area contributed by atoms with Crippen molar-refractivity contribution in [2.45, 2.75) is 51.9 Å². The highest BCUT2D eigenvalue weighted by Crippen LogP contribution is 2.31. The van der Waals surface area contributed by atoms with Crippen molar-refractivity contribution in [1.29, 1.82) is 0 Å². The van der Waals surface area contributed by atoms with Gasteiger partial charge in [-0.3, -0.25) is 9.59 Å². The third kappa shape index (κ3) is 4.90. The van der Waals surface area contributed by atoms with E-state index in [4.69, 9.17) is 0 Å². The molecule has 0 aromatic rings. The average Bonchev–Trinajstić information content (AvgIpc) is 2.95. The number of allylic oxidation sites excluding steroid dienone is 5. The van der Waals surface area contributed by atoms with Crippen molar-refractivity contribution in [1.82, 2.24) is 0 Å². The van der Waals surface area contributed by atoms with Crippen LogP contribution in [0.2, 0.25) is 0 Å². The van der Waals surface area contributed by atoms with Crippen LogP contribution in [-0.2, 0) is 23.9 Å². The van der Waals surface area contributed by atoms with Crippen LogP contribution in [0.1, 0.15) is 51.9 Å². The molecule has 1 atom stereocenters. The molecule has 1 heterocycles. The molecule has 0 saturated carbocycles. The topological polar surface area (TPSA) is 97.7 Å². The van der Waals surface area contributed by atoms with Gasteiger partial charge in [0.2, 0.25) is 0 Å². The molecular formula is C21H24O6. The number of carbonyl (C=O) groups excluding carboxylic acids is 3. The van der Waals surface area contributed by atoms with Gasteiger partial charge in [-0.05, 0) is 55.6 Å². The Kier molecular flexibility index (Phi) is 7.05. The van der Waals surface area contributed by atoms with Gasteiger partial charge in [-0.1, -0.05) is 25.7 Å². The first kappa shape index (κ1) is 20.6. The van der Waals surface area contributed by atoms with Crippen LogP contribution in [0.3, 0.4) is 0 Å². The fourth-order valence-corrected chi connectivity index (χ4v) is 3.52. The van der Waals surface area contributed by atoms with Crippen molar-refractivity contribution in [3.05, 3.63) is 46.6 Å². The fourth-order valence-electron chi connectivity index (χ4n) is 3.52. The molecular weight excluding hydrogens is 348 g/mol. The van der Waals surface area contributed by atoms with Crippen LogP contribution >= 0.6 is 0 Å². The summed E-state index contributed by atoms with van der Waals surface area (Å²) in [6.07, 6.45) is 7.65. The molecule has 6 heteroatoms. The molecule has 0 radical (unpaired) electrons. The summed E-state index contributed by atoms with van der Waals surface area (Å²) >= 11 is 0. The first-order valence-corrected chi connectivity index (χ1v) is 9.13. The number of ether oxygens (including phenoxy) is 1. The van der Waals surface area contributed by atoms with Crippen LogP contribution in [0.5, 0.6) is 0 Å². The lowest BCUT2D eigenvalue weighted by atomic mass is 9.84. The van der Waals surface area contributed by atoms with Gasteiger partial charge >= 0.3 is 17.9 Å². The van der Waals surface area contributed by atoms with Gasteiger partial charge in [-0.2, -0.15) is 0 Å². The number of aldehydes is 1. The largest absolute Gasteiger partial charge is 0.478 e. The van der Waals surface area contributed by atoms with Gasteiger partial charge in [0.05, 0.1) is 17.6 Å². The van der Waals surface area contributed by atoms with Crippen LogP contribution in [0.15, 0.2) is 46.6 Å². The second kappa shape index (κ2) is 9.26. The quantitative estimate of drug-likeness (QED) is 0.353. The van der Waals surface area contributed by atoms with Gasteiger partial charge in [-0.15, -0.1) is 0 Å². The molecule has 1 N–H and O–H groups in total. The summed E-state index contributed by atoms with van der Waals surface area (Å²) in [5.41, 5.74) is 1.66. The molecule has 1 unspecified atom stereocenters. The molecule has 1 aliphatic carbocycles. The molecule has 144 valence electrons. The van der Waals surface area contributed by atoms with Crippen LogP contribution in [0.25, 0.3) is 0 Å². The number of carbonyl (C=O) groups is 4. The number of esters is 2. The van der Waals surface area contributed by atoms with Crippen molar-refractivity contribution in [3.63, 3.8) is 0 Å². The summed E-state index contributed by atoms with van der Waals surface area (Å²) in [5, 5.41) is 9.67. The van der Waals surface area contributed by atoms with Crippen LogP contribution in [0.4, 0.5) is 0 Å². The average molecular weight is 372 g/mol. The van der Waals surface area contributed by atoms with Gasteiger partial charge in [0.25, 0.3) is 0 Å². The molecule has 0 aromatic heterocycles. The van der Waals surface area contributed by atoms with Gasteiger partial charge < -0.3 is 9.84 Å². The summed E-state index contributed by atoms with van der Waals surface area (Å²) < 4.78 is 4.61. The lowest BCUT2D eigenvalue weighted by molar-refractivity contribution is -0.151. The predicted octanol–water partition coefficient (Wildman–Crippen LogP) is 3.44. The number of aliphatic carboxylic acids is 1. The Morgan fingerprint density at radius 3 is 2.67 bits per heavy atom. The standard InChI is InChI=1S/C21H24O6/c1-3-14-7-5-4-6-8-15(16-11-18(23)27-21(16)26)10-9-13(2)17(12-22)19(14)20(24)25/h6,8,12,14H,2-5,7,9-11H2,1H3,(H,24,25)/b8-6-,16-15-,19-17?. The van der Waals surface area contributed by atoms with E-state index >= 15 is 0 Å². The molecule has 0 bridgehead atoms. The normalized spacial score (nSPS) is 26.3. The summed E-state index contributed by atoms with van der Waals surface area (Å²) in [6, 6.07) is 0. The first-order chi connectivity index (χ1) is 12.9. The Bertz CT molecular complexity index is 766. The molecule has 1 saturated heterocycles. The Labute approximate surface area is 158 Å². The predicted molar refractivity (Wildman–Crippen MR) is 98.6 cm³/mol. The second-order valence-corrected chi connectivity index (χ2v) is 6.73. The maximum atomic E-state index is 11.9. The molecule has 6 nitrogen and oxygen atoms in total. The minimum Gasteiger partial charge on any atom is -0.478 e. The zero-order valence-electron chi connectivity index (χ0n) is 15.5. The van der Waals surface area contributed by atoms with E-state index in [1.165, 1.54) is 0 Å². The Balaban J connectivity index is 2.43.